The number of carbonyl (C=O) groups is 1. The van der Waals surface area contributed by atoms with E-state index in [0.717, 1.165) is 38.7 Å². The minimum atomic E-state index is -0.176. The van der Waals surface area contributed by atoms with E-state index in [1.54, 1.807) is 32.4 Å². The van der Waals surface area contributed by atoms with Crippen LogP contribution in [0, 0.1) is 11.3 Å². The molecule has 0 saturated heterocycles. The van der Waals surface area contributed by atoms with Crippen molar-refractivity contribution in [2.45, 2.75) is 0 Å². The lowest BCUT2D eigenvalue weighted by molar-refractivity contribution is 0.0974. The third-order valence-corrected chi connectivity index (χ3v) is 5.38. The molecule has 0 atom stereocenters. The second kappa shape index (κ2) is 7.52. The quantitative estimate of drug-likeness (QED) is 0.401. The fourth-order valence-corrected chi connectivity index (χ4v) is 3.82. The zero-order chi connectivity index (χ0) is 22.2. The molecule has 0 N–H and O–H groups in total. The maximum atomic E-state index is 12.1. The van der Waals surface area contributed by atoms with Gasteiger partial charge in [0.1, 0.15) is 6.07 Å². The molecule has 0 aliphatic heterocycles. The number of hydrogen-bond donors (Lipinski definition) is 0. The molecular formula is C25H18N6O. The van der Waals surface area contributed by atoms with Crippen molar-refractivity contribution >= 4 is 34.5 Å². The van der Waals surface area contributed by atoms with Crippen molar-refractivity contribution in [3.05, 3.63) is 90.7 Å². The maximum Gasteiger partial charge on any atom is 0.254 e. The summed E-state index contributed by atoms with van der Waals surface area (Å²) in [5.74, 6) is -0.176. The summed E-state index contributed by atoms with van der Waals surface area (Å²) in [4.78, 5) is 12.1. The Morgan fingerprint density at radius 3 is 2.72 bits per heavy atom. The Morgan fingerprint density at radius 1 is 1.09 bits per heavy atom. The smallest absolute Gasteiger partial charge is 0.254 e. The Hall–Kier alpha value is -4.70. The number of aryl methyl sites for hydroxylation is 1. The summed E-state index contributed by atoms with van der Waals surface area (Å²) < 4.78 is 5.04. The molecule has 1 aromatic carbocycles. The molecule has 0 saturated carbocycles. The third-order valence-electron chi connectivity index (χ3n) is 5.38. The number of benzene rings is 1. The van der Waals surface area contributed by atoms with E-state index < -0.39 is 0 Å². The summed E-state index contributed by atoms with van der Waals surface area (Å²) in [7, 11) is 1.87. The fourth-order valence-electron chi connectivity index (χ4n) is 3.82. The SMILES string of the molecule is C=CC(=O)n1ccc2ccc(/C=C/c3cc(-c4cnn(C)c4)cn4ncc(C#N)c34)cc21. The molecule has 0 radical (unpaired) electrons. The van der Waals surface area contributed by atoms with Crippen LogP contribution in [0.2, 0.25) is 0 Å². The average molecular weight is 418 g/mol. The number of fused-ring (bicyclic) bond motifs is 2. The summed E-state index contributed by atoms with van der Waals surface area (Å²) in [6, 6.07) is 12.1. The van der Waals surface area contributed by atoms with Crippen molar-refractivity contribution in [3.8, 4) is 17.2 Å². The van der Waals surface area contributed by atoms with Gasteiger partial charge in [-0.15, -0.1) is 0 Å². The first-order chi connectivity index (χ1) is 15.6. The molecule has 0 amide bonds. The summed E-state index contributed by atoms with van der Waals surface area (Å²) in [5, 5.41) is 19.1. The largest absolute Gasteiger partial charge is 0.284 e. The van der Waals surface area contributed by atoms with Crippen LogP contribution in [0.3, 0.4) is 0 Å². The van der Waals surface area contributed by atoms with Crippen molar-refractivity contribution in [3.63, 3.8) is 0 Å². The van der Waals surface area contributed by atoms with Crippen molar-refractivity contribution < 1.29 is 4.79 Å². The molecule has 0 spiro atoms. The minimum Gasteiger partial charge on any atom is -0.284 e. The third kappa shape index (κ3) is 3.20. The molecule has 154 valence electrons. The Morgan fingerprint density at radius 2 is 1.97 bits per heavy atom. The number of nitriles is 1. The molecular weight excluding hydrogens is 400 g/mol. The molecule has 4 aromatic heterocycles. The van der Waals surface area contributed by atoms with Gasteiger partial charge in [0.15, 0.2) is 0 Å². The molecule has 5 aromatic rings. The van der Waals surface area contributed by atoms with Crippen LogP contribution in [-0.2, 0) is 7.05 Å². The molecule has 0 fully saturated rings. The lowest BCUT2D eigenvalue weighted by atomic mass is 10.0. The topological polar surface area (TPSA) is 80.9 Å². The Labute approximate surface area is 183 Å². The first-order valence-electron chi connectivity index (χ1n) is 9.94. The van der Waals surface area contributed by atoms with Crippen LogP contribution in [0.4, 0.5) is 0 Å². The lowest BCUT2D eigenvalue weighted by Crippen LogP contribution is -2.04. The summed E-state index contributed by atoms with van der Waals surface area (Å²) >= 11 is 0. The maximum absolute atomic E-state index is 12.1. The van der Waals surface area contributed by atoms with Gasteiger partial charge < -0.3 is 0 Å². The number of rotatable bonds is 4. The molecule has 7 nitrogen and oxygen atoms in total. The van der Waals surface area contributed by atoms with Gasteiger partial charge in [-0.05, 0) is 29.8 Å². The average Bonchev–Trinajstić information content (AvgIpc) is 3.54. The molecule has 4 heterocycles. The van der Waals surface area contributed by atoms with Gasteiger partial charge in [-0.3, -0.25) is 14.0 Å². The van der Waals surface area contributed by atoms with Gasteiger partial charge in [-0.1, -0.05) is 30.9 Å². The van der Waals surface area contributed by atoms with Crippen molar-refractivity contribution in [1.29, 1.82) is 5.26 Å². The molecule has 0 unspecified atom stereocenters. The van der Waals surface area contributed by atoms with Gasteiger partial charge in [0, 0.05) is 47.7 Å². The highest BCUT2D eigenvalue weighted by Crippen LogP contribution is 2.26. The van der Waals surface area contributed by atoms with E-state index in [-0.39, 0.29) is 5.91 Å². The van der Waals surface area contributed by atoms with Crippen molar-refractivity contribution in [2.75, 3.05) is 0 Å². The Balaban J connectivity index is 1.63. The van der Waals surface area contributed by atoms with Crippen LogP contribution in [-0.4, -0.2) is 29.9 Å². The van der Waals surface area contributed by atoms with E-state index in [1.165, 1.54) is 6.08 Å². The highest BCUT2D eigenvalue weighted by atomic mass is 16.1. The van der Waals surface area contributed by atoms with Crippen LogP contribution < -0.4 is 0 Å². The first kappa shape index (κ1) is 19.3. The van der Waals surface area contributed by atoms with Gasteiger partial charge in [-0.2, -0.15) is 15.5 Å². The van der Waals surface area contributed by atoms with Crippen LogP contribution >= 0.6 is 0 Å². The Bertz CT molecular complexity index is 1590. The zero-order valence-corrected chi connectivity index (χ0v) is 17.3. The van der Waals surface area contributed by atoms with Gasteiger partial charge in [-0.25, -0.2) is 4.52 Å². The van der Waals surface area contributed by atoms with E-state index in [2.05, 4.69) is 22.8 Å². The number of nitrogens with zero attached hydrogens (tertiary/aromatic N) is 6. The van der Waals surface area contributed by atoms with Crippen LogP contribution in [0.1, 0.15) is 21.5 Å². The van der Waals surface area contributed by atoms with E-state index in [4.69, 9.17) is 0 Å². The molecule has 0 bridgehead atoms. The normalized spacial score (nSPS) is 11.4. The fraction of sp³-hybridized carbons (Fsp3) is 0.0400. The van der Waals surface area contributed by atoms with Crippen molar-refractivity contribution in [1.82, 2.24) is 24.0 Å². The van der Waals surface area contributed by atoms with Gasteiger partial charge in [0.2, 0.25) is 0 Å². The summed E-state index contributed by atoms with van der Waals surface area (Å²) in [6.07, 6.45) is 14.2. The number of hydrogen-bond acceptors (Lipinski definition) is 4. The second-order valence-corrected chi connectivity index (χ2v) is 7.43. The number of aromatic nitrogens is 5. The molecule has 0 aliphatic carbocycles. The highest BCUT2D eigenvalue weighted by Gasteiger charge is 2.12. The van der Waals surface area contributed by atoms with Gasteiger partial charge >= 0.3 is 0 Å². The number of pyridine rings is 1. The molecule has 7 heteroatoms. The van der Waals surface area contributed by atoms with Crippen molar-refractivity contribution in [2.24, 2.45) is 7.05 Å². The predicted molar refractivity (Wildman–Crippen MR) is 124 cm³/mol. The van der Waals surface area contributed by atoms with E-state index in [0.29, 0.717) is 5.56 Å². The predicted octanol–water partition coefficient (Wildman–Crippen LogP) is 4.56. The summed E-state index contributed by atoms with van der Waals surface area (Å²) in [5.41, 5.74) is 5.74. The lowest BCUT2D eigenvalue weighted by Gasteiger charge is -2.05. The number of allylic oxidation sites excluding steroid dienone is 1. The highest BCUT2D eigenvalue weighted by molar-refractivity contribution is 5.98. The summed E-state index contributed by atoms with van der Waals surface area (Å²) in [6.45, 7) is 3.57. The Kier molecular flexibility index (Phi) is 4.53. The zero-order valence-electron chi connectivity index (χ0n) is 17.3. The van der Waals surface area contributed by atoms with Gasteiger partial charge in [0.05, 0.1) is 29.0 Å². The molecule has 0 aliphatic rings. The van der Waals surface area contributed by atoms with Crippen LogP contribution in [0.15, 0.2) is 74.0 Å². The van der Waals surface area contributed by atoms with Crippen LogP contribution in [0.5, 0.6) is 0 Å². The second-order valence-electron chi connectivity index (χ2n) is 7.43. The van der Waals surface area contributed by atoms with Gasteiger partial charge in [0.25, 0.3) is 5.91 Å². The van der Waals surface area contributed by atoms with E-state index in [1.807, 2.05) is 61.9 Å². The number of carbonyl (C=O) groups excluding carboxylic acids is 1. The first-order valence-corrected chi connectivity index (χ1v) is 9.94. The van der Waals surface area contributed by atoms with E-state index in [9.17, 15) is 10.1 Å². The van der Waals surface area contributed by atoms with Crippen LogP contribution in [0.25, 0.3) is 39.7 Å². The molecule has 32 heavy (non-hydrogen) atoms. The standard InChI is InChI=1S/C25H18N6O/c1-3-24(32)30-9-8-18-6-4-17(10-23(18)30)5-7-19-11-20(22-14-27-29(2)15-22)16-31-25(19)21(12-26)13-28-31/h3-11,13-16H,1H2,2H3/b7-5+. The minimum absolute atomic E-state index is 0.176. The molecule has 5 rings (SSSR count). The monoisotopic (exact) mass is 418 g/mol. The van der Waals surface area contributed by atoms with E-state index >= 15 is 0 Å².